The van der Waals surface area contributed by atoms with Gasteiger partial charge in [0, 0.05) is 18.0 Å². The van der Waals surface area contributed by atoms with Crippen molar-refractivity contribution >= 4 is 5.97 Å². The molecule has 0 saturated heterocycles. The van der Waals surface area contributed by atoms with E-state index < -0.39 is 5.97 Å². The summed E-state index contributed by atoms with van der Waals surface area (Å²) in [4.78, 5) is 15.2. The van der Waals surface area contributed by atoms with Crippen molar-refractivity contribution in [2.24, 2.45) is 0 Å². The van der Waals surface area contributed by atoms with Crippen molar-refractivity contribution in [2.75, 3.05) is 0 Å². The van der Waals surface area contributed by atoms with E-state index in [-0.39, 0.29) is 5.56 Å². The molecule has 2 rings (SSSR count). The van der Waals surface area contributed by atoms with Gasteiger partial charge in [0.15, 0.2) is 0 Å². The van der Waals surface area contributed by atoms with Crippen LogP contribution in [0.2, 0.25) is 0 Å². The lowest BCUT2D eigenvalue weighted by molar-refractivity contribution is 0.0693. The van der Waals surface area contributed by atoms with Crippen LogP contribution in [0, 0.1) is 13.8 Å². The monoisotopic (exact) mass is 285 g/mol. The normalized spacial score (nSPS) is 10.7. The third kappa shape index (κ3) is 3.40. The zero-order chi connectivity index (χ0) is 15.6. The first kappa shape index (κ1) is 15.0. The number of carboxylic acid groups (broad SMARTS) is 1. The Labute approximate surface area is 124 Å². The molecule has 0 aliphatic rings. The van der Waals surface area contributed by atoms with Crippen LogP contribution >= 0.6 is 0 Å². The van der Waals surface area contributed by atoms with Crippen LogP contribution in [-0.4, -0.2) is 16.1 Å². The fourth-order valence-electron chi connectivity index (χ4n) is 2.27. The number of nitrogens with zero attached hydrogens (tertiary/aromatic N) is 1. The number of carbonyl (C=O) groups is 1. The maximum absolute atomic E-state index is 11.2. The molecule has 1 aromatic heterocycles. The van der Waals surface area contributed by atoms with Crippen LogP contribution in [0.15, 0.2) is 30.5 Å². The number of ether oxygens (including phenoxy) is 1. The lowest BCUT2D eigenvalue weighted by Crippen LogP contribution is -2.02. The molecule has 1 heterocycles. The lowest BCUT2D eigenvalue weighted by atomic mass is 9.98. The molecule has 0 fully saturated rings. The minimum Gasteiger partial charge on any atom is -0.477 e. The number of aromatic carboxylic acids is 1. The molecule has 0 atom stereocenters. The van der Waals surface area contributed by atoms with E-state index in [9.17, 15) is 9.90 Å². The summed E-state index contributed by atoms with van der Waals surface area (Å²) in [6.45, 7) is 8.10. The van der Waals surface area contributed by atoms with Crippen molar-refractivity contribution in [3.05, 3.63) is 52.8 Å². The predicted molar refractivity (Wildman–Crippen MR) is 81.3 cm³/mol. The van der Waals surface area contributed by atoms with Crippen molar-refractivity contribution in [2.45, 2.75) is 33.6 Å². The van der Waals surface area contributed by atoms with Crippen molar-refractivity contribution in [1.82, 2.24) is 4.98 Å². The number of aromatic nitrogens is 1. The number of hydrogen-bond donors (Lipinski definition) is 1. The van der Waals surface area contributed by atoms with Gasteiger partial charge in [-0.15, -0.1) is 0 Å². The molecule has 2 aromatic rings. The van der Waals surface area contributed by atoms with Gasteiger partial charge < -0.3 is 9.84 Å². The van der Waals surface area contributed by atoms with E-state index in [1.165, 1.54) is 11.8 Å². The summed E-state index contributed by atoms with van der Waals surface area (Å²) >= 11 is 0. The quantitative estimate of drug-likeness (QED) is 0.909. The van der Waals surface area contributed by atoms with Gasteiger partial charge in [-0.2, -0.15) is 0 Å². The maximum Gasteiger partial charge on any atom is 0.341 e. The molecule has 0 spiro atoms. The minimum absolute atomic E-state index is 0.0613. The van der Waals surface area contributed by atoms with Crippen LogP contribution in [0.1, 0.15) is 46.9 Å². The van der Waals surface area contributed by atoms with Gasteiger partial charge in [-0.3, -0.25) is 4.98 Å². The van der Waals surface area contributed by atoms with Crippen LogP contribution < -0.4 is 4.74 Å². The second-order valence-electron chi connectivity index (χ2n) is 5.40. The molecular formula is C17H19NO3. The molecule has 4 heteroatoms. The van der Waals surface area contributed by atoms with E-state index in [1.807, 2.05) is 25.1 Å². The fraction of sp³-hybridized carbons (Fsp3) is 0.294. The summed E-state index contributed by atoms with van der Waals surface area (Å²) in [7, 11) is 0. The average Bonchev–Trinajstić information content (AvgIpc) is 2.37. The molecule has 110 valence electrons. The molecule has 0 aliphatic carbocycles. The fourth-order valence-corrected chi connectivity index (χ4v) is 2.27. The van der Waals surface area contributed by atoms with Gasteiger partial charge >= 0.3 is 5.97 Å². The van der Waals surface area contributed by atoms with Crippen LogP contribution in [0.25, 0.3) is 0 Å². The summed E-state index contributed by atoms with van der Waals surface area (Å²) in [5.41, 5.74) is 3.16. The average molecular weight is 285 g/mol. The highest BCUT2D eigenvalue weighted by Crippen LogP contribution is 2.29. The largest absolute Gasteiger partial charge is 0.477 e. The standard InChI is InChI=1S/C17H19NO3/c1-10(2)14-6-5-13(7-11(14)3)21-16-8-12(4)18-9-15(16)17(19)20/h5-10H,1-4H3,(H,19,20). The Morgan fingerprint density at radius 1 is 1.24 bits per heavy atom. The van der Waals surface area contributed by atoms with E-state index in [4.69, 9.17) is 4.74 Å². The zero-order valence-electron chi connectivity index (χ0n) is 12.7. The summed E-state index contributed by atoms with van der Waals surface area (Å²) < 4.78 is 5.75. The number of carboxylic acids is 1. The van der Waals surface area contributed by atoms with Crippen LogP contribution in [-0.2, 0) is 0 Å². The first-order chi connectivity index (χ1) is 9.88. The molecule has 21 heavy (non-hydrogen) atoms. The summed E-state index contributed by atoms with van der Waals surface area (Å²) in [6.07, 6.45) is 1.32. The molecule has 0 bridgehead atoms. The van der Waals surface area contributed by atoms with Gasteiger partial charge in [-0.05, 0) is 43.0 Å². The summed E-state index contributed by atoms with van der Waals surface area (Å²) in [5, 5.41) is 9.19. The van der Waals surface area contributed by atoms with Gasteiger partial charge in [0.1, 0.15) is 17.1 Å². The Balaban J connectivity index is 2.36. The number of pyridine rings is 1. The van der Waals surface area contributed by atoms with Crippen molar-refractivity contribution in [3.63, 3.8) is 0 Å². The lowest BCUT2D eigenvalue weighted by Gasteiger charge is -2.13. The van der Waals surface area contributed by atoms with Crippen molar-refractivity contribution in [1.29, 1.82) is 0 Å². The Kier molecular flexibility index (Phi) is 4.26. The van der Waals surface area contributed by atoms with Gasteiger partial charge in [-0.25, -0.2) is 4.79 Å². The van der Waals surface area contributed by atoms with E-state index in [0.717, 1.165) is 5.56 Å². The maximum atomic E-state index is 11.2. The Hall–Kier alpha value is -2.36. The zero-order valence-corrected chi connectivity index (χ0v) is 12.7. The highest BCUT2D eigenvalue weighted by molar-refractivity contribution is 5.90. The highest BCUT2D eigenvalue weighted by Gasteiger charge is 2.14. The predicted octanol–water partition coefficient (Wildman–Crippen LogP) is 4.31. The number of benzene rings is 1. The van der Waals surface area contributed by atoms with Gasteiger partial charge in [0.25, 0.3) is 0 Å². The molecule has 0 unspecified atom stereocenters. The van der Waals surface area contributed by atoms with Crippen molar-refractivity contribution < 1.29 is 14.6 Å². The molecular weight excluding hydrogens is 266 g/mol. The first-order valence-electron chi connectivity index (χ1n) is 6.87. The van der Waals surface area contributed by atoms with E-state index in [0.29, 0.717) is 23.1 Å². The molecule has 0 amide bonds. The van der Waals surface area contributed by atoms with Crippen LogP contribution in [0.5, 0.6) is 11.5 Å². The van der Waals surface area contributed by atoms with Gasteiger partial charge in [0.2, 0.25) is 0 Å². The second kappa shape index (κ2) is 5.95. The molecule has 4 nitrogen and oxygen atoms in total. The SMILES string of the molecule is Cc1cc(Oc2ccc(C(C)C)c(C)c2)c(C(=O)O)cn1. The molecule has 0 radical (unpaired) electrons. The Bertz CT molecular complexity index is 678. The third-order valence-corrected chi connectivity index (χ3v) is 3.32. The summed E-state index contributed by atoms with van der Waals surface area (Å²) in [6, 6.07) is 7.44. The molecule has 1 N–H and O–H groups in total. The number of aryl methyl sites for hydroxylation is 2. The van der Waals surface area contributed by atoms with Gasteiger partial charge in [-0.1, -0.05) is 19.9 Å². The van der Waals surface area contributed by atoms with E-state index in [2.05, 4.69) is 18.8 Å². The number of hydrogen-bond acceptors (Lipinski definition) is 3. The van der Waals surface area contributed by atoms with E-state index in [1.54, 1.807) is 13.0 Å². The highest BCUT2D eigenvalue weighted by atomic mass is 16.5. The molecule has 0 aliphatic heterocycles. The van der Waals surface area contributed by atoms with Crippen LogP contribution in [0.4, 0.5) is 0 Å². The summed E-state index contributed by atoms with van der Waals surface area (Å²) in [5.74, 6) is 0.335. The van der Waals surface area contributed by atoms with Crippen molar-refractivity contribution in [3.8, 4) is 11.5 Å². The topological polar surface area (TPSA) is 59.4 Å². The molecule has 1 aromatic carbocycles. The first-order valence-corrected chi connectivity index (χ1v) is 6.87. The number of rotatable bonds is 4. The Morgan fingerprint density at radius 2 is 1.95 bits per heavy atom. The third-order valence-electron chi connectivity index (χ3n) is 3.32. The van der Waals surface area contributed by atoms with Crippen LogP contribution in [0.3, 0.4) is 0 Å². The molecule has 0 saturated carbocycles. The van der Waals surface area contributed by atoms with E-state index >= 15 is 0 Å². The Morgan fingerprint density at radius 3 is 2.52 bits per heavy atom. The minimum atomic E-state index is -1.05. The van der Waals surface area contributed by atoms with Gasteiger partial charge in [0.05, 0.1) is 0 Å². The second-order valence-corrected chi connectivity index (χ2v) is 5.40. The smallest absolute Gasteiger partial charge is 0.341 e.